The van der Waals surface area contributed by atoms with Gasteiger partial charge in [0.25, 0.3) is 5.56 Å². The number of aryl methyl sites for hydroxylation is 1. The van der Waals surface area contributed by atoms with E-state index in [0.717, 1.165) is 11.1 Å². The Morgan fingerprint density at radius 1 is 0.844 bits per heavy atom. The van der Waals surface area contributed by atoms with Gasteiger partial charge in [-0.05, 0) is 73.5 Å². The maximum Gasteiger partial charge on any atom is 0.310 e. The van der Waals surface area contributed by atoms with Gasteiger partial charge in [-0.2, -0.15) is 5.26 Å². The predicted molar refractivity (Wildman–Crippen MR) is 179 cm³/mol. The van der Waals surface area contributed by atoms with Crippen molar-refractivity contribution in [3.8, 4) is 28.5 Å². The van der Waals surface area contributed by atoms with Crippen LogP contribution in [0.2, 0.25) is 20.1 Å². The van der Waals surface area contributed by atoms with Crippen LogP contribution in [0.1, 0.15) is 23.9 Å². The van der Waals surface area contributed by atoms with E-state index in [2.05, 4.69) is 15.0 Å². The Bertz CT molecular complexity index is 1860. The number of pyridine rings is 2. The molecule has 0 aliphatic rings. The van der Waals surface area contributed by atoms with Crippen molar-refractivity contribution in [2.45, 2.75) is 20.3 Å². The number of carbonyl (C=O) groups is 1. The second kappa shape index (κ2) is 17.3. The van der Waals surface area contributed by atoms with Crippen LogP contribution in [0.3, 0.4) is 0 Å². The summed E-state index contributed by atoms with van der Waals surface area (Å²) in [5.74, 6) is 0.372. The van der Waals surface area contributed by atoms with Gasteiger partial charge in [0.05, 0.1) is 56.0 Å². The van der Waals surface area contributed by atoms with Crippen molar-refractivity contribution < 1.29 is 9.53 Å². The van der Waals surface area contributed by atoms with E-state index in [0.29, 0.717) is 54.9 Å². The first-order chi connectivity index (χ1) is 21.5. The maximum atomic E-state index is 12.8. The van der Waals surface area contributed by atoms with E-state index in [1.165, 1.54) is 4.57 Å². The Labute approximate surface area is 280 Å². The van der Waals surface area contributed by atoms with Gasteiger partial charge in [-0.1, -0.05) is 58.5 Å². The lowest BCUT2D eigenvalue weighted by molar-refractivity contribution is -0.142. The van der Waals surface area contributed by atoms with Crippen LogP contribution in [-0.2, 0) is 23.0 Å². The number of benzene rings is 2. The second-order valence-electron chi connectivity index (χ2n) is 9.19. The largest absolute Gasteiger partial charge is 0.466 e. The number of halogens is 4. The lowest BCUT2D eigenvalue weighted by Gasteiger charge is -2.13. The van der Waals surface area contributed by atoms with Crippen LogP contribution in [0.15, 0.2) is 90.2 Å². The Kier molecular flexibility index (Phi) is 13.5. The standard InChI is InChI=1S/C17H13Cl2N3O.C10H10Cl2O2.C6H4N2/c1-10-21-16(11-5-7-20-8-6-11)15(17(23)22(10)2)12-3-4-13(18)14(19)9-12;1-2-14-10(13)6-7-3-4-8(11)9(12)5-7;7-5-6-1-3-8-4-2-6/h3-9H,1-2H3;3-5H,2,6H2,1H3;1-4H. The molecule has 0 aliphatic carbocycles. The first-order valence-electron chi connectivity index (χ1n) is 13.4. The summed E-state index contributed by atoms with van der Waals surface area (Å²) < 4.78 is 6.32. The predicted octanol–water partition coefficient (Wildman–Crippen LogP) is 8.18. The van der Waals surface area contributed by atoms with Crippen LogP contribution in [0.4, 0.5) is 0 Å². The highest BCUT2D eigenvalue weighted by molar-refractivity contribution is 6.42. The van der Waals surface area contributed by atoms with E-state index in [4.69, 9.17) is 56.4 Å². The lowest BCUT2D eigenvalue weighted by Crippen LogP contribution is -2.23. The fourth-order valence-corrected chi connectivity index (χ4v) is 4.41. The summed E-state index contributed by atoms with van der Waals surface area (Å²) in [5, 5.41) is 10.0. The SMILES string of the molecule is CCOC(=O)Cc1ccc(Cl)c(Cl)c1.Cc1nc(-c2ccncc2)c(-c2ccc(Cl)c(Cl)c2)c(=O)n1C.N#Cc1ccncc1. The van der Waals surface area contributed by atoms with Crippen LogP contribution >= 0.6 is 46.4 Å². The molecule has 5 rings (SSSR count). The van der Waals surface area contributed by atoms with Crippen LogP contribution in [0.5, 0.6) is 0 Å². The van der Waals surface area contributed by atoms with E-state index in [1.807, 2.05) is 18.2 Å². The fourth-order valence-electron chi connectivity index (χ4n) is 3.79. The summed E-state index contributed by atoms with van der Waals surface area (Å²) in [5.41, 5.74) is 3.91. The molecule has 0 radical (unpaired) electrons. The van der Waals surface area contributed by atoms with Gasteiger partial charge in [-0.3, -0.25) is 24.1 Å². The van der Waals surface area contributed by atoms with Gasteiger partial charge < -0.3 is 4.74 Å². The van der Waals surface area contributed by atoms with E-state index in [9.17, 15) is 9.59 Å². The zero-order valence-electron chi connectivity index (χ0n) is 24.5. The third kappa shape index (κ3) is 10.1. The first kappa shape index (κ1) is 35.2. The topological polar surface area (TPSA) is 111 Å². The summed E-state index contributed by atoms with van der Waals surface area (Å²) in [6.07, 6.45) is 6.76. The van der Waals surface area contributed by atoms with E-state index in [-0.39, 0.29) is 17.9 Å². The number of esters is 1. The Morgan fingerprint density at radius 2 is 1.42 bits per heavy atom. The summed E-state index contributed by atoms with van der Waals surface area (Å²) >= 11 is 23.6. The Hall–Kier alpha value is -4.26. The van der Waals surface area contributed by atoms with Crippen LogP contribution in [-0.4, -0.2) is 32.1 Å². The highest BCUT2D eigenvalue weighted by atomic mass is 35.5. The summed E-state index contributed by atoms with van der Waals surface area (Å²) in [7, 11) is 1.70. The quantitative estimate of drug-likeness (QED) is 0.172. The van der Waals surface area contributed by atoms with Crippen molar-refractivity contribution in [1.82, 2.24) is 19.5 Å². The zero-order valence-corrected chi connectivity index (χ0v) is 27.5. The molecule has 45 heavy (non-hydrogen) atoms. The molecule has 0 saturated carbocycles. The molecule has 0 aliphatic heterocycles. The van der Waals surface area contributed by atoms with Crippen LogP contribution < -0.4 is 5.56 Å². The molecule has 0 spiro atoms. The van der Waals surface area contributed by atoms with Gasteiger partial charge in [-0.25, -0.2) is 4.98 Å². The molecule has 3 aromatic heterocycles. The van der Waals surface area contributed by atoms with Gasteiger partial charge >= 0.3 is 5.97 Å². The van der Waals surface area contributed by atoms with Crippen LogP contribution in [0, 0.1) is 18.3 Å². The minimum absolute atomic E-state index is 0.136. The number of nitrogens with zero attached hydrogens (tertiary/aromatic N) is 5. The molecule has 0 unspecified atom stereocenters. The zero-order chi connectivity index (χ0) is 32.9. The van der Waals surface area contributed by atoms with E-state index < -0.39 is 0 Å². The second-order valence-corrected chi connectivity index (χ2v) is 10.8. The molecule has 0 N–H and O–H groups in total. The van der Waals surface area contributed by atoms with Crippen molar-refractivity contribution in [3.05, 3.63) is 133 Å². The van der Waals surface area contributed by atoms with E-state index in [1.54, 1.807) is 94.2 Å². The smallest absolute Gasteiger partial charge is 0.310 e. The number of ether oxygens (including phenoxy) is 1. The molecule has 0 bridgehead atoms. The van der Waals surface area contributed by atoms with Crippen molar-refractivity contribution in [1.29, 1.82) is 5.26 Å². The van der Waals surface area contributed by atoms with Crippen molar-refractivity contribution in [2.24, 2.45) is 7.05 Å². The summed E-state index contributed by atoms with van der Waals surface area (Å²) in [6.45, 7) is 3.96. The number of nitriles is 1. The third-order valence-corrected chi connectivity index (χ3v) is 7.60. The monoisotopic (exact) mass is 681 g/mol. The fraction of sp³-hybridized carbons (Fsp3) is 0.152. The number of carbonyl (C=O) groups excluding carboxylic acids is 1. The normalized spacial score (nSPS) is 10.0. The molecule has 0 saturated heterocycles. The molecule has 0 atom stereocenters. The summed E-state index contributed by atoms with van der Waals surface area (Å²) in [6, 6.07) is 19.2. The molecule has 0 amide bonds. The number of hydrogen-bond donors (Lipinski definition) is 0. The number of aromatic nitrogens is 4. The van der Waals surface area contributed by atoms with Crippen molar-refractivity contribution in [3.63, 3.8) is 0 Å². The molecule has 2 aromatic carbocycles. The van der Waals surface area contributed by atoms with Crippen LogP contribution in [0.25, 0.3) is 22.4 Å². The molecule has 230 valence electrons. The maximum absolute atomic E-state index is 12.8. The highest BCUT2D eigenvalue weighted by Crippen LogP contribution is 2.32. The Balaban J connectivity index is 0.000000212. The highest BCUT2D eigenvalue weighted by Gasteiger charge is 2.17. The lowest BCUT2D eigenvalue weighted by atomic mass is 10.0. The average molecular weight is 683 g/mol. The molecule has 5 aromatic rings. The van der Waals surface area contributed by atoms with Gasteiger partial charge in [0.1, 0.15) is 5.82 Å². The van der Waals surface area contributed by atoms with Gasteiger partial charge in [0.15, 0.2) is 0 Å². The molecule has 3 heterocycles. The first-order valence-corrected chi connectivity index (χ1v) is 14.9. The number of hydrogen-bond acceptors (Lipinski definition) is 7. The summed E-state index contributed by atoms with van der Waals surface area (Å²) in [4.78, 5) is 36.3. The third-order valence-electron chi connectivity index (χ3n) is 6.12. The van der Waals surface area contributed by atoms with E-state index >= 15 is 0 Å². The molecular formula is C33H27Cl4N5O3. The molecule has 0 fully saturated rings. The van der Waals surface area contributed by atoms with Gasteiger partial charge in [0.2, 0.25) is 0 Å². The van der Waals surface area contributed by atoms with Gasteiger partial charge in [0, 0.05) is 37.4 Å². The minimum Gasteiger partial charge on any atom is -0.466 e. The molecule has 8 nitrogen and oxygen atoms in total. The molecule has 12 heteroatoms. The van der Waals surface area contributed by atoms with Crippen molar-refractivity contribution >= 4 is 52.4 Å². The number of rotatable bonds is 5. The molecular weight excluding hydrogens is 656 g/mol. The Morgan fingerprint density at radius 3 is 1.96 bits per heavy atom. The van der Waals surface area contributed by atoms with Crippen molar-refractivity contribution in [2.75, 3.05) is 6.61 Å². The minimum atomic E-state index is -0.258. The van der Waals surface area contributed by atoms with Gasteiger partial charge in [-0.15, -0.1) is 0 Å². The average Bonchev–Trinajstić information content (AvgIpc) is 3.04.